The molecule has 1 aliphatic heterocycles. The number of benzene rings is 2. The van der Waals surface area contributed by atoms with Crippen molar-refractivity contribution in [2.45, 2.75) is 33.0 Å². The predicted molar refractivity (Wildman–Crippen MR) is 108 cm³/mol. The van der Waals surface area contributed by atoms with E-state index in [9.17, 15) is 14.4 Å². The van der Waals surface area contributed by atoms with Crippen LogP contribution in [0.5, 0.6) is 0 Å². The largest absolute Gasteiger partial charge is 0.452 e. The van der Waals surface area contributed by atoms with E-state index in [2.05, 4.69) is 0 Å². The summed E-state index contributed by atoms with van der Waals surface area (Å²) in [5.74, 6) is -1.23. The zero-order valence-electron chi connectivity index (χ0n) is 16.9. The first-order valence-corrected chi connectivity index (χ1v) is 9.66. The number of morpholine rings is 1. The van der Waals surface area contributed by atoms with Crippen LogP contribution in [0.2, 0.25) is 0 Å². The number of nitrogens with zero attached hydrogens (tertiary/aromatic N) is 1. The van der Waals surface area contributed by atoms with Gasteiger partial charge in [0.2, 0.25) is 0 Å². The number of esters is 1. The van der Waals surface area contributed by atoms with Crippen LogP contribution in [0.25, 0.3) is 0 Å². The van der Waals surface area contributed by atoms with Crippen molar-refractivity contribution < 1.29 is 23.9 Å². The zero-order valence-corrected chi connectivity index (χ0v) is 16.9. The van der Waals surface area contributed by atoms with Gasteiger partial charge in [-0.1, -0.05) is 48.0 Å². The fourth-order valence-corrected chi connectivity index (χ4v) is 3.40. The highest BCUT2D eigenvalue weighted by Crippen LogP contribution is 2.17. The second kappa shape index (κ2) is 9.01. The van der Waals surface area contributed by atoms with Crippen LogP contribution in [0.15, 0.2) is 48.5 Å². The lowest BCUT2D eigenvalue weighted by Crippen LogP contribution is -2.49. The van der Waals surface area contributed by atoms with E-state index in [4.69, 9.17) is 9.47 Å². The van der Waals surface area contributed by atoms with E-state index in [-0.39, 0.29) is 41.6 Å². The smallest absolute Gasteiger partial charge is 0.339 e. The summed E-state index contributed by atoms with van der Waals surface area (Å²) in [6, 6.07) is 13.6. The van der Waals surface area contributed by atoms with E-state index in [0.717, 1.165) is 5.56 Å². The molecule has 3 rings (SSSR count). The van der Waals surface area contributed by atoms with Crippen LogP contribution in [0, 0.1) is 6.92 Å². The van der Waals surface area contributed by atoms with Gasteiger partial charge < -0.3 is 14.4 Å². The number of rotatable bonds is 5. The van der Waals surface area contributed by atoms with E-state index < -0.39 is 5.97 Å². The molecule has 1 amide bonds. The predicted octanol–water partition coefficient (Wildman–Crippen LogP) is 3.02. The van der Waals surface area contributed by atoms with Gasteiger partial charge in [0.25, 0.3) is 5.91 Å². The third-order valence-corrected chi connectivity index (χ3v) is 4.80. The van der Waals surface area contributed by atoms with Gasteiger partial charge in [0, 0.05) is 24.2 Å². The fourth-order valence-electron chi connectivity index (χ4n) is 3.40. The van der Waals surface area contributed by atoms with Gasteiger partial charge in [-0.15, -0.1) is 0 Å². The van der Waals surface area contributed by atoms with Crippen molar-refractivity contribution in [2.75, 3.05) is 19.7 Å². The Morgan fingerprint density at radius 3 is 2.17 bits per heavy atom. The van der Waals surface area contributed by atoms with Crippen LogP contribution >= 0.6 is 0 Å². The quantitative estimate of drug-likeness (QED) is 0.575. The molecule has 6 heteroatoms. The van der Waals surface area contributed by atoms with Gasteiger partial charge in [-0.3, -0.25) is 9.59 Å². The van der Waals surface area contributed by atoms with Gasteiger partial charge in [-0.2, -0.15) is 0 Å². The molecular weight excluding hydrogens is 370 g/mol. The molecule has 0 unspecified atom stereocenters. The van der Waals surface area contributed by atoms with Crippen molar-refractivity contribution in [1.29, 1.82) is 0 Å². The van der Waals surface area contributed by atoms with Crippen LogP contribution in [0.4, 0.5) is 0 Å². The highest BCUT2D eigenvalue weighted by Gasteiger charge is 2.27. The fraction of sp³-hybridized carbons (Fsp3) is 0.348. The average Bonchev–Trinajstić information content (AvgIpc) is 2.71. The normalized spacial score (nSPS) is 18.9. The highest BCUT2D eigenvalue weighted by atomic mass is 16.5. The Labute approximate surface area is 170 Å². The molecule has 1 heterocycles. The minimum absolute atomic E-state index is 0.0636. The summed E-state index contributed by atoms with van der Waals surface area (Å²) in [7, 11) is 0. The van der Waals surface area contributed by atoms with E-state index in [1.165, 1.54) is 6.07 Å². The Balaban J connectivity index is 1.69. The van der Waals surface area contributed by atoms with Gasteiger partial charge >= 0.3 is 5.97 Å². The second-order valence-corrected chi connectivity index (χ2v) is 7.37. The molecule has 0 saturated carbocycles. The lowest BCUT2D eigenvalue weighted by Gasteiger charge is -2.35. The monoisotopic (exact) mass is 395 g/mol. The maximum absolute atomic E-state index is 12.8. The molecule has 0 bridgehead atoms. The lowest BCUT2D eigenvalue weighted by molar-refractivity contribution is -0.146. The first kappa shape index (κ1) is 20.7. The number of aryl methyl sites for hydroxylation is 1. The molecule has 152 valence electrons. The van der Waals surface area contributed by atoms with Crippen LogP contribution in [0.1, 0.15) is 45.7 Å². The molecule has 0 N–H and O–H groups in total. The Bertz CT molecular complexity index is 896. The van der Waals surface area contributed by atoms with Crippen molar-refractivity contribution in [3.05, 3.63) is 70.8 Å². The molecule has 0 aromatic heterocycles. The Hall–Kier alpha value is -2.99. The minimum Gasteiger partial charge on any atom is -0.452 e. The number of ketones is 1. The second-order valence-electron chi connectivity index (χ2n) is 7.37. The van der Waals surface area contributed by atoms with Crippen molar-refractivity contribution >= 4 is 17.7 Å². The van der Waals surface area contributed by atoms with Gasteiger partial charge in [-0.25, -0.2) is 4.79 Å². The maximum atomic E-state index is 12.8. The van der Waals surface area contributed by atoms with Crippen molar-refractivity contribution in [1.82, 2.24) is 4.90 Å². The molecule has 1 fully saturated rings. The van der Waals surface area contributed by atoms with Gasteiger partial charge in [0.05, 0.1) is 17.8 Å². The lowest BCUT2D eigenvalue weighted by atomic mass is 9.98. The summed E-state index contributed by atoms with van der Waals surface area (Å²) in [4.78, 5) is 39.5. The van der Waals surface area contributed by atoms with Gasteiger partial charge in [0.15, 0.2) is 12.4 Å². The summed E-state index contributed by atoms with van der Waals surface area (Å²) in [6.45, 7) is 6.29. The first-order valence-electron chi connectivity index (χ1n) is 9.66. The summed E-state index contributed by atoms with van der Waals surface area (Å²) in [5.41, 5.74) is 1.93. The Morgan fingerprint density at radius 2 is 1.55 bits per heavy atom. The molecule has 2 aromatic rings. The third kappa shape index (κ3) is 5.09. The highest BCUT2D eigenvalue weighted by molar-refractivity contribution is 6.14. The maximum Gasteiger partial charge on any atom is 0.339 e. The van der Waals surface area contributed by atoms with Crippen LogP contribution in [0.3, 0.4) is 0 Å². The van der Waals surface area contributed by atoms with Crippen molar-refractivity contribution in [3.63, 3.8) is 0 Å². The molecule has 1 aliphatic rings. The van der Waals surface area contributed by atoms with Crippen LogP contribution in [-0.2, 0) is 14.3 Å². The average molecular weight is 395 g/mol. The molecule has 2 aromatic carbocycles. The summed E-state index contributed by atoms with van der Waals surface area (Å²) in [5, 5.41) is 0. The Kier molecular flexibility index (Phi) is 6.44. The molecule has 0 spiro atoms. The molecule has 29 heavy (non-hydrogen) atoms. The number of ether oxygens (including phenoxy) is 2. The Morgan fingerprint density at radius 1 is 0.966 bits per heavy atom. The summed E-state index contributed by atoms with van der Waals surface area (Å²) in [6.07, 6.45) is -0.127. The standard InChI is InChI=1S/C23H25NO5/c1-15-8-10-18(11-9-15)22(26)19-6-4-5-7-20(19)23(27)28-14-21(25)24-12-16(2)29-17(3)13-24/h4-11,16-17H,12-14H2,1-3H3/t16-,17+. The number of hydrogen-bond acceptors (Lipinski definition) is 5. The summed E-state index contributed by atoms with van der Waals surface area (Å²) >= 11 is 0. The third-order valence-electron chi connectivity index (χ3n) is 4.80. The molecule has 2 atom stereocenters. The number of hydrogen-bond donors (Lipinski definition) is 0. The minimum atomic E-state index is -0.691. The molecule has 0 radical (unpaired) electrons. The van der Waals surface area contributed by atoms with E-state index in [1.807, 2.05) is 32.9 Å². The van der Waals surface area contributed by atoms with Crippen LogP contribution in [-0.4, -0.2) is 54.5 Å². The number of amides is 1. The van der Waals surface area contributed by atoms with Crippen molar-refractivity contribution in [3.8, 4) is 0 Å². The van der Waals surface area contributed by atoms with E-state index >= 15 is 0 Å². The van der Waals surface area contributed by atoms with E-state index in [1.54, 1.807) is 35.2 Å². The van der Waals surface area contributed by atoms with Crippen LogP contribution < -0.4 is 0 Å². The molecule has 1 saturated heterocycles. The SMILES string of the molecule is Cc1ccc(C(=O)c2ccccc2C(=O)OCC(=O)N2C[C@@H](C)O[C@@H](C)C2)cc1. The molecule has 0 aliphatic carbocycles. The van der Waals surface area contributed by atoms with Crippen molar-refractivity contribution in [2.24, 2.45) is 0 Å². The van der Waals surface area contributed by atoms with E-state index in [0.29, 0.717) is 18.7 Å². The van der Waals surface area contributed by atoms with Gasteiger partial charge in [0.1, 0.15) is 0 Å². The zero-order chi connectivity index (χ0) is 21.0. The molecular formula is C23H25NO5. The molecule has 6 nitrogen and oxygen atoms in total. The number of carbonyl (C=O) groups is 3. The summed E-state index contributed by atoms with van der Waals surface area (Å²) < 4.78 is 10.9. The number of carbonyl (C=O) groups excluding carboxylic acids is 3. The topological polar surface area (TPSA) is 72.9 Å². The first-order chi connectivity index (χ1) is 13.8. The van der Waals surface area contributed by atoms with Gasteiger partial charge in [-0.05, 0) is 26.8 Å².